The van der Waals surface area contributed by atoms with E-state index in [1.54, 1.807) is 6.20 Å². The predicted molar refractivity (Wildman–Crippen MR) is 126 cm³/mol. The number of hydrogen-bond donors (Lipinski definition) is 1. The van der Waals surface area contributed by atoms with Crippen LogP contribution < -0.4 is 5.56 Å². The van der Waals surface area contributed by atoms with Crippen LogP contribution in [0.4, 0.5) is 0 Å². The number of aliphatic hydroxyl groups excluding tert-OH is 1. The second-order valence-corrected chi connectivity index (χ2v) is 9.39. The molecule has 1 amide bonds. The molecule has 4 atom stereocenters. The molecule has 0 aromatic carbocycles. The zero-order valence-electron chi connectivity index (χ0n) is 19.1. The number of aromatic nitrogens is 2. The summed E-state index contributed by atoms with van der Waals surface area (Å²) in [6, 6.07) is 9.35. The van der Waals surface area contributed by atoms with Crippen LogP contribution in [0, 0.1) is 11.8 Å². The Morgan fingerprint density at radius 3 is 2.70 bits per heavy atom. The van der Waals surface area contributed by atoms with Gasteiger partial charge in [-0.05, 0) is 50.5 Å². The number of aliphatic hydroxyl groups is 1. The third kappa shape index (κ3) is 3.83. The molecule has 7 heteroatoms. The van der Waals surface area contributed by atoms with Crippen molar-refractivity contribution >= 4 is 12.0 Å². The summed E-state index contributed by atoms with van der Waals surface area (Å²) in [5.41, 5.74) is 2.42. The zero-order chi connectivity index (χ0) is 22.9. The van der Waals surface area contributed by atoms with Gasteiger partial charge in [-0.25, -0.2) is 0 Å². The van der Waals surface area contributed by atoms with Crippen molar-refractivity contribution in [3.63, 3.8) is 0 Å². The number of fused-ring (bicyclic) bond motifs is 4. The number of likely N-dealkylation sites (tertiary alicyclic amines) is 1. The summed E-state index contributed by atoms with van der Waals surface area (Å²) in [6.45, 7) is 4.43. The van der Waals surface area contributed by atoms with Gasteiger partial charge >= 0.3 is 0 Å². The first-order chi connectivity index (χ1) is 16.1. The summed E-state index contributed by atoms with van der Waals surface area (Å²) in [4.78, 5) is 35.9. The molecular weight excluding hydrogens is 416 g/mol. The van der Waals surface area contributed by atoms with E-state index in [0.717, 1.165) is 43.7 Å². The molecule has 0 radical (unpaired) electrons. The lowest BCUT2D eigenvalue weighted by Crippen LogP contribution is -2.46. The Balaban J connectivity index is 1.60. The van der Waals surface area contributed by atoms with Gasteiger partial charge in [-0.2, -0.15) is 0 Å². The summed E-state index contributed by atoms with van der Waals surface area (Å²) in [7, 11) is 0. The van der Waals surface area contributed by atoms with Gasteiger partial charge in [-0.3, -0.25) is 19.5 Å². The van der Waals surface area contributed by atoms with Crippen molar-refractivity contribution < 1.29 is 9.90 Å². The molecule has 3 aliphatic heterocycles. The second-order valence-electron chi connectivity index (χ2n) is 9.39. The molecule has 0 aliphatic carbocycles. The normalized spacial score (nSPS) is 27.2. The van der Waals surface area contributed by atoms with Crippen LogP contribution in [0.1, 0.15) is 49.2 Å². The van der Waals surface area contributed by atoms with E-state index in [9.17, 15) is 14.7 Å². The van der Waals surface area contributed by atoms with Gasteiger partial charge in [0, 0.05) is 62.2 Å². The quantitative estimate of drug-likeness (QED) is 0.760. The lowest BCUT2D eigenvalue weighted by atomic mass is 9.85. The van der Waals surface area contributed by atoms with E-state index >= 15 is 0 Å². The maximum atomic E-state index is 13.8. The fourth-order valence-electron chi connectivity index (χ4n) is 6.05. The highest BCUT2D eigenvalue weighted by Gasteiger charge is 2.56. The SMILES string of the molecule is C/C=C\c1ccc2n(c1=O)C[C@H]1[C@H](CO)[C@@H](C(=O)N3CCCCC3)[C@@H]2N1Cc1ccccn1. The van der Waals surface area contributed by atoms with Crippen LogP contribution in [0.15, 0.2) is 47.4 Å². The topological polar surface area (TPSA) is 78.7 Å². The van der Waals surface area contributed by atoms with E-state index in [4.69, 9.17) is 0 Å². The molecule has 174 valence electrons. The minimum absolute atomic E-state index is 0.0270. The van der Waals surface area contributed by atoms with Gasteiger partial charge in [0.2, 0.25) is 5.91 Å². The van der Waals surface area contributed by atoms with E-state index in [0.29, 0.717) is 18.7 Å². The zero-order valence-corrected chi connectivity index (χ0v) is 19.1. The summed E-state index contributed by atoms with van der Waals surface area (Å²) in [5.74, 6) is -0.481. The van der Waals surface area contributed by atoms with Crippen molar-refractivity contribution in [1.29, 1.82) is 0 Å². The molecule has 0 unspecified atom stereocenters. The number of hydrogen-bond acceptors (Lipinski definition) is 5. The molecule has 2 saturated heterocycles. The highest BCUT2D eigenvalue weighted by Crippen LogP contribution is 2.49. The molecule has 0 spiro atoms. The lowest BCUT2D eigenvalue weighted by molar-refractivity contribution is -0.139. The van der Waals surface area contributed by atoms with E-state index in [-0.39, 0.29) is 42.0 Å². The number of allylic oxidation sites excluding steroid dienone is 1. The van der Waals surface area contributed by atoms with Gasteiger partial charge in [0.15, 0.2) is 0 Å². The maximum Gasteiger partial charge on any atom is 0.258 e. The predicted octanol–water partition coefficient (Wildman–Crippen LogP) is 2.45. The van der Waals surface area contributed by atoms with Gasteiger partial charge in [0.1, 0.15) is 0 Å². The summed E-state index contributed by atoms with van der Waals surface area (Å²) < 4.78 is 1.84. The molecule has 5 rings (SSSR count). The Hall–Kier alpha value is -2.77. The Kier molecular flexibility index (Phi) is 6.17. The van der Waals surface area contributed by atoms with E-state index < -0.39 is 0 Å². The van der Waals surface area contributed by atoms with Crippen molar-refractivity contribution in [2.45, 2.75) is 51.4 Å². The summed E-state index contributed by atoms with van der Waals surface area (Å²) >= 11 is 0. The number of carbonyl (C=O) groups excluding carboxylic acids is 1. The summed E-state index contributed by atoms with van der Waals surface area (Å²) in [5, 5.41) is 10.5. The third-order valence-corrected chi connectivity index (χ3v) is 7.57. The van der Waals surface area contributed by atoms with Crippen molar-refractivity contribution in [3.8, 4) is 0 Å². The Morgan fingerprint density at radius 1 is 1.18 bits per heavy atom. The van der Waals surface area contributed by atoms with Gasteiger partial charge in [0.25, 0.3) is 5.56 Å². The van der Waals surface area contributed by atoms with Gasteiger partial charge in [-0.1, -0.05) is 18.2 Å². The minimum Gasteiger partial charge on any atom is -0.396 e. The Labute approximate surface area is 194 Å². The van der Waals surface area contributed by atoms with Crippen LogP contribution in [-0.2, 0) is 17.9 Å². The number of piperidine rings is 1. The van der Waals surface area contributed by atoms with E-state index in [1.165, 1.54) is 0 Å². The van der Waals surface area contributed by atoms with Crippen LogP contribution >= 0.6 is 0 Å². The Morgan fingerprint density at radius 2 is 2.00 bits per heavy atom. The van der Waals surface area contributed by atoms with Crippen molar-refractivity contribution in [3.05, 3.63) is 69.9 Å². The fraction of sp³-hybridized carbons (Fsp3) is 0.500. The molecule has 2 fully saturated rings. The fourth-order valence-corrected chi connectivity index (χ4v) is 6.05. The first kappa shape index (κ1) is 22.0. The molecular formula is C26H32N4O3. The lowest BCUT2D eigenvalue weighted by Gasteiger charge is -2.38. The van der Waals surface area contributed by atoms with Gasteiger partial charge in [0.05, 0.1) is 17.7 Å². The smallest absolute Gasteiger partial charge is 0.258 e. The molecule has 0 saturated carbocycles. The first-order valence-electron chi connectivity index (χ1n) is 12.1. The highest BCUT2D eigenvalue weighted by atomic mass is 16.3. The number of rotatable bonds is 5. The first-order valence-corrected chi connectivity index (χ1v) is 12.1. The third-order valence-electron chi connectivity index (χ3n) is 7.57. The van der Waals surface area contributed by atoms with Crippen molar-refractivity contribution in [2.75, 3.05) is 19.7 Å². The molecule has 3 aliphatic rings. The standard InChI is InChI=1S/C26H32N4O3/c1-2-8-18-10-11-21-24-23(26(33)28-13-6-3-7-14-28)20(17-31)22(16-30(21)25(18)32)29(24)15-19-9-4-5-12-27-19/h2,4-5,8-12,20,22-24,31H,3,6-7,13-17H2,1H3/b8-2-/t20-,22-,23+,24+/m0/s1. The van der Waals surface area contributed by atoms with Crippen molar-refractivity contribution in [1.82, 2.24) is 19.4 Å². The molecule has 5 heterocycles. The second kappa shape index (κ2) is 9.23. The monoisotopic (exact) mass is 448 g/mol. The van der Waals surface area contributed by atoms with Gasteiger partial charge < -0.3 is 14.6 Å². The van der Waals surface area contributed by atoms with Crippen LogP contribution in [-0.4, -0.2) is 56.1 Å². The number of carbonyl (C=O) groups is 1. The summed E-state index contributed by atoms with van der Waals surface area (Å²) in [6.07, 6.45) is 8.68. The van der Waals surface area contributed by atoms with Gasteiger partial charge in [-0.15, -0.1) is 0 Å². The molecule has 1 N–H and O–H groups in total. The maximum absolute atomic E-state index is 13.8. The Bertz CT molecular complexity index is 1090. The number of nitrogens with zero attached hydrogens (tertiary/aromatic N) is 4. The van der Waals surface area contributed by atoms with Crippen LogP contribution in [0.3, 0.4) is 0 Å². The van der Waals surface area contributed by atoms with E-state index in [2.05, 4.69) is 9.88 Å². The molecule has 2 aromatic rings. The average Bonchev–Trinajstić information content (AvgIpc) is 3.05. The van der Waals surface area contributed by atoms with E-state index in [1.807, 2.05) is 58.9 Å². The van der Waals surface area contributed by atoms with Crippen LogP contribution in [0.25, 0.3) is 6.08 Å². The molecule has 2 aromatic heterocycles. The minimum atomic E-state index is -0.373. The molecule has 2 bridgehead atoms. The molecule has 7 nitrogen and oxygen atoms in total. The average molecular weight is 449 g/mol. The number of amides is 1. The largest absolute Gasteiger partial charge is 0.396 e. The highest BCUT2D eigenvalue weighted by molar-refractivity contribution is 5.81. The van der Waals surface area contributed by atoms with Crippen molar-refractivity contribution in [2.24, 2.45) is 11.8 Å². The number of pyridine rings is 2. The molecule has 33 heavy (non-hydrogen) atoms. The van der Waals surface area contributed by atoms with Crippen LogP contribution in [0.5, 0.6) is 0 Å². The van der Waals surface area contributed by atoms with Crippen LogP contribution in [0.2, 0.25) is 0 Å².